The van der Waals surface area contributed by atoms with Crippen molar-refractivity contribution in [3.8, 4) is 11.3 Å². The quantitative estimate of drug-likeness (QED) is 0.594. The number of aliphatic carboxylic acids is 1. The van der Waals surface area contributed by atoms with Crippen LogP contribution in [0.25, 0.3) is 11.3 Å². The Morgan fingerprint density at radius 1 is 1.00 bits per heavy atom. The van der Waals surface area contributed by atoms with Crippen LogP contribution in [0, 0.1) is 0 Å². The standard InChI is InChI=1S/C21H16Cl2N2O3/c22-14-6-3-5-13(11-14)19(12-20(26)27)25-21(28)18-10-4-9-17(24-18)15-7-1-2-8-16(15)23/h1-11,19H,12H2,(H,25,28)(H,26,27). The van der Waals surface area contributed by atoms with Crippen LogP contribution in [0.3, 0.4) is 0 Å². The number of hydrogen-bond acceptors (Lipinski definition) is 3. The highest BCUT2D eigenvalue weighted by molar-refractivity contribution is 6.33. The molecule has 0 fully saturated rings. The Labute approximate surface area is 171 Å². The van der Waals surface area contributed by atoms with Crippen LogP contribution in [0.1, 0.15) is 28.5 Å². The number of aromatic nitrogens is 1. The van der Waals surface area contributed by atoms with Gasteiger partial charge in [0.25, 0.3) is 5.91 Å². The van der Waals surface area contributed by atoms with Crippen molar-refractivity contribution in [3.05, 3.63) is 88.0 Å². The monoisotopic (exact) mass is 414 g/mol. The predicted molar refractivity (Wildman–Crippen MR) is 109 cm³/mol. The Morgan fingerprint density at radius 3 is 2.46 bits per heavy atom. The zero-order valence-corrected chi connectivity index (χ0v) is 16.1. The first-order chi connectivity index (χ1) is 13.4. The summed E-state index contributed by atoms with van der Waals surface area (Å²) in [5.41, 5.74) is 2.02. The topological polar surface area (TPSA) is 79.3 Å². The molecule has 142 valence electrons. The van der Waals surface area contributed by atoms with Crippen molar-refractivity contribution in [1.29, 1.82) is 0 Å². The van der Waals surface area contributed by atoms with Crippen LogP contribution in [0.2, 0.25) is 10.0 Å². The van der Waals surface area contributed by atoms with Crippen LogP contribution < -0.4 is 5.32 Å². The fourth-order valence-corrected chi connectivity index (χ4v) is 3.19. The highest BCUT2D eigenvalue weighted by Crippen LogP contribution is 2.26. The second-order valence-corrected chi connectivity index (χ2v) is 6.91. The second-order valence-electron chi connectivity index (χ2n) is 6.07. The van der Waals surface area contributed by atoms with Gasteiger partial charge >= 0.3 is 5.97 Å². The van der Waals surface area contributed by atoms with E-state index in [-0.39, 0.29) is 12.1 Å². The zero-order chi connectivity index (χ0) is 20.1. The smallest absolute Gasteiger partial charge is 0.305 e. The predicted octanol–water partition coefficient (Wildman–Crippen LogP) is 5.00. The third kappa shape index (κ3) is 4.88. The van der Waals surface area contributed by atoms with Crippen molar-refractivity contribution in [2.24, 2.45) is 0 Å². The minimum Gasteiger partial charge on any atom is -0.481 e. The Kier molecular flexibility index (Phi) is 6.29. The molecule has 3 aromatic rings. The Balaban J connectivity index is 1.87. The number of carbonyl (C=O) groups excluding carboxylic acids is 1. The zero-order valence-electron chi connectivity index (χ0n) is 14.6. The fourth-order valence-electron chi connectivity index (χ4n) is 2.76. The summed E-state index contributed by atoms with van der Waals surface area (Å²) in [5, 5.41) is 12.9. The Morgan fingerprint density at radius 2 is 1.75 bits per heavy atom. The van der Waals surface area contributed by atoms with Gasteiger partial charge in [-0.3, -0.25) is 9.59 Å². The summed E-state index contributed by atoms with van der Waals surface area (Å²) in [4.78, 5) is 28.4. The fraction of sp³-hybridized carbons (Fsp3) is 0.0952. The molecule has 0 saturated heterocycles. The van der Waals surface area contributed by atoms with Gasteiger partial charge in [-0.05, 0) is 35.9 Å². The van der Waals surface area contributed by atoms with Crippen LogP contribution >= 0.6 is 23.2 Å². The molecule has 1 aromatic heterocycles. The van der Waals surface area contributed by atoms with E-state index >= 15 is 0 Å². The largest absolute Gasteiger partial charge is 0.481 e. The van der Waals surface area contributed by atoms with Crippen LogP contribution in [0.4, 0.5) is 0 Å². The van der Waals surface area contributed by atoms with Gasteiger partial charge in [0.15, 0.2) is 0 Å². The van der Waals surface area contributed by atoms with Gasteiger partial charge in [-0.15, -0.1) is 0 Å². The molecule has 1 heterocycles. The lowest BCUT2D eigenvalue weighted by Crippen LogP contribution is -2.30. The molecule has 7 heteroatoms. The first-order valence-corrected chi connectivity index (χ1v) is 9.19. The molecular formula is C21H16Cl2N2O3. The van der Waals surface area contributed by atoms with Gasteiger partial charge < -0.3 is 10.4 Å². The summed E-state index contributed by atoms with van der Waals surface area (Å²) in [6.07, 6.45) is -0.281. The number of halogens is 2. The van der Waals surface area contributed by atoms with Gasteiger partial charge in [0.05, 0.1) is 18.2 Å². The number of rotatable bonds is 6. The first kappa shape index (κ1) is 19.9. The molecule has 5 nitrogen and oxygen atoms in total. The third-order valence-electron chi connectivity index (χ3n) is 4.07. The molecule has 1 unspecified atom stereocenters. The Bertz CT molecular complexity index is 1020. The molecule has 2 aromatic carbocycles. The van der Waals surface area contributed by atoms with Crippen LogP contribution in [0.5, 0.6) is 0 Å². The van der Waals surface area contributed by atoms with Gasteiger partial charge in [-0.2, -0.15) is 0 Å². The van der Waals surface area contributed by atoms with E-state index in [0.717, 1.165) is 0 Å². The van der Waals surface area contributed by atoms with E-state index in [0.29, 0.717) is 26.9 Å². The first-order valence-electron chi connectivity index (χ1n) is 8.44. The Hall–Kier alpha value is -2.89. The van der Waals surface area contributed by atoms with Crippen molar-refractivity contribution in [2.45, 2.75) is 12.5 Å². The molecule has 28 heavy (non-hydrogen) atoms. The lowest BCUT2D eigenvalue weighted by atomic mass is 10.0. The molecular weight excluding hydrogens is 399 g/mol. The van der Waals surface area contributed by atoms with E-state index in [9.17, 15) is 14.7 Å². The number of carboxylic acid groups (broad SMARTS) is 1. The highest BCUT2D eigenvalue weighted by Gasteiger charge is 2.20. The summed E-state index contributed by atoms with van der Waals surface area (Å²) in [5.74, 6) is -1.52. The lowest BCUT2D eigenvalue weighted by molar-refractivity contribution is -0.137. The summed E-state index contributed by atoms with van der Waals surface area (Å²) in [7, 11) is 0. The van der Waals surface area contributed by atoms with E-state index in [2.05, 4.69) is 10.3 Å². The third-order valence-corrected chi connectivity index (χ3v) is 4.63. The summed E-state index contributed by atoms with van der Waals surface area (Å²) in [6, 6.07) is 18.2. The average Bonchev–Trinajstić information content (AvgIpc) is 2.67. The SMILES string of the molecule is O=C(O)CC(NC(=O)c1cccc(-c2ccccc2Cl)n1)c1cccc(Cl)c1. The number of pyridine rings is 1. The second kappa shape index (κ2) is 8.87. The molecule has 0 aliphatic heterocycles. The van der Waals surface area contributed by atoms with Crippen molar-refractivity contribution < 1.29 is 14.7 Å². The maximum atomic E-state index is 12.7. The molecule has 0 spiro atoms. The lowest BCUT2D eigenvalue weighted by Gasteiger charge is -2.18. The maximum Gasteiger partial charge on any atom is 0.305 e. The number of amides is 1. The minimum absolute atomic E-state index is 0.162. The number of carboxylic acids is 1. The van der Waals surface area contributed by atoms with Crippen molar-refractivity contribution in [3.63, 3.8) is 0 Å². The molecule has 0 aliphatic rings. The average molecular weight is 415 g/mol. The molecule has 0 radical (unpaired) electrons. The molecule has 0 aliphatic carbocycles. The van der Waals surface area contributed by atoms with Crippen molar-refractivity contribution in [2.75, 3.05) is 0 Å². The molecule has 1 amide bonds. The molecule has 3 rings (SSSR count). The summed E-state index contributed by atoms with van der Waals surface area (Å²) in [6.45, 7) is 0. The van der Waals surface area contributed by atoms with E-state index in [1.807, 2.05) is 18.2 Å². The van der Waals surface area contributed by atoms with Gasteiger partial charge in [0, 0.05) is 15.6 Å². The maximum absolute atomic E-state index is 12.7. The van der Waals surface area contributed by atoms with E-state index in [4.69, 9.17) is 23.2 Å². The van der Waals surface area contributed by atoms with Gasteiger partial charge in [0.2, 0.25) is 0 Å². The summed E-state index contributed by atoms with van der Waals surface area (Å²) < 4.78 is 0. The summed E-state index contributed by atoms with van der Waals surface area (Å²) >= 11 is 12.2. The van der Waals surface area contributed by atoms with Crippen LogP contribution in [0.15, 0.2) is 66.7 Å². The molecule has 1 atom stereocenters. The molecule has 0 saturated carbocycles. The van der Waals surface area contributed by atoms with Gasteiger partial charge in [0.1, 0.15) is 5.69 Å². The number of carbonyl (C=O) groups is 2. The van der Waals surface area contributed by atoms with Gasteiger partial charge in [-0.1, -0.05) is 59.6 Å². The van der Waals surface area contributed by atoms with Crippen LogP contribution in [-0.4, -0.2) is 22.0 Å². The van der Waals surface area contributed by atoms with Crippen molar-refractivity contribution >= 4 is 35.1 Å². The number of hydrogen-bond donors (Lipinski definition) is 2. The van der Waals surface area contributed by atoms with Gasteiger partial charge in [-0.25, -0.2) is 4.98 Å². The van der Waals surface area contributed by atoms with E-state index in [1.54, 1.807) is 48.5 Å². The minimum atomic E-state index is -1.04. The number of nitrogens with zero attached hydrogens (tertiary/aromatic N) is 1. The number of nitrogens with one attached hydrogen (secondary N) is 1. The van der Waals surface area contributed by atoms with E-state index in [1.165, 1.54) is 0 Å². The van der Waals surface area contributed by atoms with E-state index < -0.39 is 17.9 Å². The normalized spacial score (nSPS) is 11.6. The van der Waals surface area contributed by atoms with Crippen LogP contribution in [-0.2, 0) is 4.79 Å². The van der Waals surface area contributed by atoms with Crippen molar-refractivity contribution in [1.82, 2.24) is 10.3 Å². The highest BCUT2D eigenvalue weighted by atomic mass is 35.5. The molecule has 2 N–H and O–H groups in total. The molecule has 0 bridgehead atoms. The number of benzene rings is 2.